The number of rotatable bonds is 5. The summed E-state index contributed by atoms with van der Waals surface area (Å²) in [5, 5.41) is 5.70. The van der Waals surface area contributed by atoms with Crippen molar-refractivity contribution in [2.24, 2.45) is 0 Å². The number of hydrogen-bond donors (Lipinski definition) is 2. The van der Waals surface area contributed by atoms with Crippen molar-refractivity contribution in [1.29, 1.82) is 0 Å². The average Bonchev–Trinajstić information content (AvgIpc) is 2.83. The predicted molar refractivity (Wildman–Crippen MR) is 63.5 cm³/mol. The molecular weight excluding hydrogens is 222 g/mol. The van der Waals surface area contributed by atoms with Crippen LogP contribution in [0.1, 0.15) is 13.3 Å². The van der Waals surface area contributed by atoms with E-state index in [9.17, 15) is 9.59 Å². The smallest absolute Gasteiger partial charge is 0.241 e. The molecule has 0 saturated carbocycles. The summed E-state index contributed by atoms with van der Waals surface area (Å²) < 4.78 is 5.16. The van der Waals surface area contributed by atoms with E-state index in [1.807, 2.05) is 6.92 Å². The largest absolute Gasteiger partial charge is 0.380 e. The van der Waals surface area contributed by atoms with Crippen molar-refractivity contribution in [3.05, 3.63) is 0 Å². The first-order chi connectivity index (χ1) is 8.08. The van der Waals surface area contributed by atoms with Gasteiger partial charge >= 0.3 is 0 Å². The van der Waals surface area contributed by atoms with Gasteiger partial charge in [0.05, 0.1) is 18.7 Å². The Balaban J connectivity index is 2.28. The molecule has 0 spiro atoms. The van der Waals surface area contributed by atoms with E-state index < -0.39 is 0 Å². The molecule has 1 aliphatic heterocycles. The van der Waals surface area contributed by atoms with E-state index in [4.69, 9.17) is 4.74 Å². The van der Waals surface area contributed by atoms with Crippen molar-refractivity contribution >= 4 is 11.8 Å². The highest BCUT2D eigenvalue weighted by atomic mass is 16.5. The first-order valence-electron chi connectivity index (χ1n) is 5.86. The maximum Gasteiger partial charge on any atom is 0.241 e. The zero-order valence-corrected chi connectivity index (χ0v) is 10.7. The highest BCUT2D eigenvalue weighted by molar-refractivity contribution is 5.87. The van der Waals surface area contributed by atoms with Gasteiger partial charge in [-0.1, -0.05) is 0 Å². The Kier molecular flexibility index (Phi) is 5.37. The van der Waals surface area contributed by atoms with Crippen LogP contribution >= 0.6 is 0 Å². The van der Waals surface area contributed by atoms with Gasteiger partial charge in [-0.3, -0.25) is 9.59 Å². The second kappa shape index (κ2) is 6.56. The van der Waals surface area contributed by atoms with Crippen molar-refractivity contribution in [2.75, 3.05) is 33.8 Å². The molecule has 6 heteroatoms. The molecule has 0 aromatic rings. The molecule has 2 N–H and O–H groups in total. The van der Waals surface area contributed by atoms with E-state index in [0.717, 1.165) is 0 Å². The van der Waals surface area contributed by atoms with E-state index in [1.54, 1.807) is 19.1 Å². The Morgan fingerprint density at radius 3 is 2.76 bits per heavy atom. The molecule has 0 aromatic heterocycles. The van der Waals surface area contributed by atoms with E-state index in [-0.39, 0.29) is 30.5 Å². The van der Waals surface area contributed by atoms with E-state index in [1.165, 1.54) is 0 Å². The molecule has 2 amide bonds. The minimum absolute atomic E-state index is 0.0546. The van der Waals surface area contributed by atoms with Crippen LogP contribution in [-0.2, 0) is 14.3 Å². The number of ether oxygens (including phenoxy) is 1. The van der Waals surface area contributed by atoms with Gasteiger partial charge < -0.3 is 20.3 Å². The normalized spacial score (nSPS) is 23.5. The summed E-state index contributed by atoms with van der Waals surface area (Å²) in [6.07, 6.45) is 0.736. The lowest BCUT2D eigenvalue weighted by Gasteiger charge is -2.16. The topological polar surface area (TPSA) is 70.7 Å². The summed E-state index contributed by atoms with van der Waals surface area (Å²) in [6.45, 7) is 3.26. The molecule has 1 aliphatic rings. The highest BCUT2D eigenvalue weighted by Crippen LogP contribution is 2.09. The molecule has 2 unspecified atom stereocenters. The van der Waals surface area contributed by atoms with Crippen molar-refractivity contribution < 1.29 is 14.3 Å². The van der Waals surface area contributed by atoms with Crippen molar-refractivity contribution in [3.63, 3.8) is 0 Å². The molecule has 1 heterocycles. The summed E-state index contributed by atoms with van der Waals surface area (Å²) in [5.41, 5.74) is 0. The van der Waals surface area contributed by atoms with Gasteiger partial charge in [-0.15, -0.1) is 0 Å². The molecule has 1 fully saturated rings. The van der Waals surface area contributed by atoms with Crippen LogP contribution in [0, 0.1) is 0 Å². The summed E-state index contributed by atoms with van der Waals surface area (Å²) in [6, 6.07) is -0.250. The van der Waals surface area contributed by atoms with Gasteiger partial charge in [0.25, 0.3) is 0 Å². The van der Waals surface area contributed by atoms with Crippen LogP contribution in [0.3, 0.4) is 0 Å². The number of likely N-dealkylation sites (N-methyl/N-ethyl adjacent to an activating group) is 1. The molecule has 98 valence electrons. The van der Waals surface area contributed by atoms with Crippen molar-refractivity contribution in [1.82, 2.24) is 15.5 Å². The van der Waals surface area contributed by atoms with Gasteiger partial charge in [-0.2, -0.15) is 0 Å². The Morgan fingerprint density at radius 1 is 1.53 bits per heavy atom. The average molecular weight is 243 g/mol. The third-order valence-corrected chi connectivity index (χ3v) is 3.05. The van der Waals surface area contributed by atoms with Crippen LogP contribution in [0.4, 0.5) is 0 Å². The molecule has 0 bridgehead atoms. The molecule has 0 radical (unpaired) electrons. The SMILES string of the molecule is CCN(C)C(=O)CNC(=O)C1CC(OC)CN1. The first-order valence-corrected chi connectivity index (χ1v) is 5.86. The van der Waals surface area contributed by atoms with E-state index in [2.05, 4.69) is 10.6 Å². The van der Waals surface area contributed by atoms with E-state index in [0.29, 0.717) is 19.5 Å². The van der Waals surface area contributed by atoms with Crippen LogP contribution in [0.2, 0.25) is 0 Å². The third kappa shape index (κ3) is 3.98. The first kappa shape index (κ1) is 13.9. The fourth-order valence-corrected chi connectivity index (χ4v) is 1.68. The van der Waals surface area contributed by atoms with Crippen molar-refractivity contribution in [3.8, 4) is 0 Å². The van der Waals surface area contributed by atoms with Gasteiger partial charge in [0.2, 0.25) is 11.8 Å². The minimum atomic E-state index is -0.250. The fraction of sp³-hybridized carbons (Fsp3) is 0.818. The summed E-state index contributed by atoms with van der Waals surface area (Å²) >= 11 is 0. The van der Waals surface area contributed by atoms with Crippen LogP contribution in [0.5, 0.6) is 0 Å². The van der Waals surface area contributed by atoms with Crippen LogP contribution in [-0.4, -0.2) is 62.7 Å². The molecule has 6 nitrogen and oxygen atoms in total. The number of methoxy groups -OCH3 is 1. The number of nitrogens with one attached hydrogen (secondary N) is 2. The number of carbonyl (C=O) groups is 2. The van der Waals surface area contributed by atoms with Crippen LogP contribution in [0.25, 0.3) is 0 Å². The monoisotopic (exact) mass is 243 g/mol. The zero-order valence-electron chi connectivity index (χ0n) is 10.7. The van der Waals surface area contributed by atoms with Gasteiger partial charge in [0, 0.05) is 27.2 Å². The fourth-order valence-electron chi connectivity index (χ4n) is 1.68. The van der Waals surface area contributed by atoms with Crippen LogP contribution < -0.4 is 10.6 Å². The number of nitrogens with zero attached hydrogens (tertiary/aromatic N) is 1. The number of hydrogen-bond acceptors (Lipinski definition) is 4. The van der Waals surface area contributed by atoms with Gasteiger partial charge in [-0.05, 0) is 13.3 Å². The number of carbonyl (C=O) groups excluding carboxylic acids is 2. The summed E-state index contributed by atoms with van der Waals surface area (Å²) in [5.74, 6) is -0.218. The van der Waals surface area contributed by atoms with E-state index >= 15 is 0 Å². The Labute approximate surface area is 102 Å². The van der Waals surface area contributed by atoms with Gasteiger partial charge in [0.1, 0.15) is 0 Å². The third-order valence-electron chi connectivity index (χ3n) is 3.05. The van der Waals surface area contributed by atoms with Crippen LogP contribution in [0.15, 0.2) is 0 Å². The lowest BCUT2D eigenvalue weighted by Crippen LogP contribution is -2.45. The second-order valence-electron chi connectivity index (χ2n) is 4.18. The van der Waals surface area contributed by atoms with Gasteiger partial charge in [0.15, 0.2) is 0 Å². The Hall–Kier alpha value is -1.14. The van der Waals surface area contributed by atoms with Gasteiger partial charge in [-0.25, -0.2) is 0 Å². The molecule has 1 saturated heterocycles. The quantitative estimate of drug-likeness (QED) is 0.647. The summed E-state index contributed by atoms with van der Waals surface area (Å²) in [4.78, 5) is 24.8. The molecule has 0 aromatic carbocycles. The zero-order chi connectivity index (χ0) is 12.8. The lowest BCUT2D eigenvalue weighted by atomic mass is 10.2. The minimum Gasteiger partial charge on any atom is -0.380 e. The summed E-state index contributed by atoms with van der Waals surface area (Å²) in [7, 11) is 3.34. The lowest BCUT2D eigenvalue weighted by molar-refractivity contribution is -0.132. The molecular formula is C11H21N3O3. The number of amides is 2. The molecule has 1 rings (SSSR count). The maximum atomic E-state index is 11.7. The molecule has 2 atom stereocenters. The highest BCUT2D eigenvalue weighted by Gasteiger charge is 2.29. The maximum absolute atomic E-state index is 11.7. The second-order valence-corrected chi connectivity index (χ2v) is 4.18. The Bertz CT molecular complexity index is 283. The van der Waals surface area contributed by atoms with Crippen molar-refractivity contribution in [2.45, 2.75) is 25.5 Å². The predicted octanol–water partition coefficient (Wildman–Crippen LogP) is -1.04. The Morgan fingerprint density at radius 2 is 2.24 bits per heavy atom. The molecule has 17 heavy (non-hydrogen) atoms. The standard InChI is InChI=1S/C11H21N3O3/c1-4-14(2)10(15)7-13-11(16)9-5-8(17-3)6-12-9/h8-9,12H,4-7H2,1-3H3,(H,13,16). The molecule has 0 aliphatic carbocycles.